The molecule has 0 saturated carbocycles. The van der Waals surface area contributed by atoms with Crippen molar-refractivity contribution in [1.82, 2.24) is 29.9 Å². The Hall–Kier alpha value is -1.69. The number of hydrogen-bond donors (Lipinski definition) is 1. The highest BCUT2D eigenvalue weighted by Gasteiger charge is 2.17. The van der Waals surface area contributed by atoms with E-state index < -0.39 is 0 Å². The highest BCUT2D eigenvalue weighted by molar-refractivity contribution is 5.38. The summed E-state index contributed by atoms with van der Waals surface area (Å²) >= 11 is 0. The normalized spacial score (nSPS) is 11.6. The van der Waals surface area contributed by atoms with Gasteiger partial charge in [-0.2, -0.15) is 9.78 Å². The fourth-order valence-electron chi connectivity index (χ4n) is 2.37. The zero-order valence-electron chi connectivity index (χ0n) is 13.2. The third-order valence-electron chi connectivity index (χ3n) is 3.24. The molecule has 0 amide bonds. The van der Waals surface area contributed by atoms with Crippen LogP contribution in [0.5, 0.6) is 0 Å². The summed E-state index contributed by atoms with van der Waals surface area (Å²) in [6, 6.07) is 0. The van der Waals surface area contributed by atoms with E-state index in [9.17, 15) is 0 Å². The number of aryl methyl sites for hydroxylation is 4. The van der Waals surface area contributed by atoms with Crippen molar-refractivity contribution in [2.75, 3.05) is 6.54 Å². The van der Waals surface area contributed by atoms with Crippen molar-refractivity contribution >= 4 is 0 Å². The van der Waals surface area contributed by atoms with Gasteiger partial charge in [0, 0.05) is 19.2 Å². The minimum Gasteiger partial charge on any atom is -0.312 e. The van der Waals surface area contributed by atoms with Crippen LogP contribution < -0.4 is 5.32 Å². The average Bonchev–Trinajstić information content (AvgIpc) is 2.79. The van der Waals surface area contributed by atoms with Crippen LogP contribution in [0.25, 0.3) is 5.82 Å². The smallest absolute Gasteiger partial charge is 0.158 e. The molecule has 0 radical (unpaired) electrons. The summed E-state index contributed by atoms with van der Waals surface area (Å²) in [7, 11) is 1.95. The molecule has 6 nitrogen and oxygen atoms in total. The van der Waals surface area contributed by atoms with Crippen LogP contribution in [0.2, 0.25) is 0 Å². The first kappa shape index (κ1) is 14.7. The second-order valence-corrected chi connectivity index (χ2v) is 5.65. The summed E-state index contributed by atoms with van der Waals surface area (Å²) in [5.41, 5.74) is 2.22. The highest BCUT2D eigenvalue weighted by Crippen LogP contribution is 2.18. The number of aromatic nitrogens is 5. The molecular formula is C14H24N6. The Kier molecular flexibility index (Phi) is 4.23. The molecule has 2 rings (SSSR count). The van der Waals surface area contributed by atoms with Gasteiger partial charge in [-0.3, -0.25) is 4.68 Å². The van der Waals surface area contributed by atoms with Crippen LogP contribution in [-0.2, 0) is 13.6 Å². The Bertz CT molecular complexity index is 593. The summed E-state index contributed by atoms with van der Waals surface area (Å²) < 4.78 is 3.75. The Morgan fingerprint density at radius 3 is 2.40 bits per heavy atom. The van der Waals surface area contributed by atoms with Gasteiger partial charge >= 0.3 is 0 Å². The van der Waals surface area contributed by atoms with Crippen LogP contribution >= 0.6 is 0 Å². The van der Waals surface area contributed by atoms with Gasteiger partial charge in [0.05, 0.1) is 5.69 Å². The van der Waals surface area contributed by atoms with Gasteiger partial charge < -0.3 is 5.32 Å². The molecule has 0 aromatic carbocycles. The maximum absolute atomic E-state index is 4.52. The number of nitrogens with one attached hydrogen (secondary N) is 1. The molecule has 6 heteroatoms. The second kappa shape index (κ2) is 5.75. The Labute approximate surface area is 120 Å². The minimum absolute atomic E-state index is 0.630. The van der Waals surface area contributed by atoms with Gasteiger partial charge in [-0.25, -0.2) is 4.98 Å². The standard InChI is InChI=1S/C14H24N6/c1-9(2)7-15-8-13-10(3)17-19(6)14(13)20-12(5)16-11(4)18-20/h9,15H,7-8H2,1-6H3. The lowest BCUT2D eigenvalue weighted by Crippen LogP contribution is -2.20. The van der Waals surface area contributed by atoms with Gasteiger partial charge in [0.2, 0.25) is 0 Å². The minimum atomic E-state index is 0.630. The summed E-state index contributed by atoms with van der Waals surface area (Å²) in [6.07, 6.45) is 0. The van der Waals surface area contributed by atoms with Crippen LogP contribution in [0, 0.1) is 26.7 Å². The highest BCUT2D eigenvalue weighted by atomic mass is 15.4. The molecule has 110 valence electrons. The summed E-state index contributed by atoms with van der Waals surface area (Å²) in [5.74, 6) is 3.29. The Morgan fingerprint density at radius 2 is 1.85 bits per heavy atom. The topological polar surface area (TPSA) is 60.6 Å². The van der Waals surface area contributed by atoms with Gasteiger partial charge in [-0.15, -0.1) is 5.10 Å². The first-order valence-corrected chi connectivity index (χ1v) is 7.04. The van der Waals surface area contributed by atoms with E-state index >= 15 is 0 Å². The SMILES string of the molecule is Cc1nc(C)n(-c2c(CNCC(C)C)c(C)nn2C)n1. The van der Waals surface area contributed by atoms with Crippen molar-refractivity contribution in [2.24, 2.45) is 13.0 Å². The zero-order valence-corrected chi connectivity index (χ0v) is 13.2. The van der Waals surface area contributed by atoms with E-state index in [1.54, 1.807) is 0 Å². The summed E-state index contributed by atoms with van der Waals surface area (Å²) in [6.45, 7) is 12.1. The molecule has 0 aliphatic heterocycles. The molecule has 20 heavy (non-hydrogen) atoms. The molecule has 2 heterocycles. The molecule has 2 aromatic rings. The van der Waals surface area contributed by atoms with E-state index in [0.29, 0.717) is 5.92 Å². The van der Waals surface area contributed by atoms with Crippen molar-refractivity contribution in [1.29, 1.82) is 0 Å². The van der Waals surface area contributed by atoms with Crippen LogP contribution in [-0.4, -0.2) is 31.1 Å². The molecular weight excluding hydrogens is 252 g/mol. The summed E-state index contributed by atoms with van der Waals surface area (Å²) in [5, 5.41) is 12.5. The Morgan fingerprint density at radius 1 is 1.15 bits per heavy atom. The van der Waals surface area contributed by atoms with Gasteiger partial charge in [-0.1, -0.05) is 13.8 Å². The molecule has 0 saturated heterocycles. The lowest BCUT2D eigenvalue weighted by atomic mass is 10.2. The third kappa shape index (κ3) is 2.90. The predicted molar refractivity (Wildman–Crippen MR) is 78.9 cm³/mol. The molecule has 1 N–H and O–H groups in total. The van der Waals surface area contributed by atoms with Crippen LogP contribution in [0.3, 0.4) is 0 Å². The Balaban J connectivity index is 2.35. The maximum atomic E-state index is 4.52. The fourth-order valence-corrected chi connectivity index (χ4v) is 2.37. The lowest BCUT2D eigenvalue weighted by Gasteiger charge is -2.10. The van der Waals surface area contributed by atoms with Crippen LogP contribution in [0.1, 0.15) is 36.8 Å². The van der Waals surface area contributed by atoms with E-state index in [2.05, 4.69) is 34.3 Å². The number of hydrogen-bond acceptors (Lipinski definition) is 4. The van der Waals surface area contributed by atoms with E-state index in [0.717, 1.165) is 36.3 Å². The van der Waals surface area contributed by atoms with Crippen molar-refractivity contribution in [3.63, 3.8) is 0 Å². The molecule has 0 atom stereocenters. The fraction of sp³-hybridized carbons (Fsp3) is 0.643. The van der Waals surface area contributed by atoms with E-state index in [-0.39, 0.29) is 0 Å². The van der Waals surface area contributed by atoms with Gasteiger partial charge in [0.15, 0.2) is 5.82 Å². The first-order valence-electron chi connectivity index (χ1n) is 7.04. The quantitative estimate of drug-likeness (QED) is 0.902. The van der Waals surface area contributed by atoms with E-state index in [1.807, 2.05) is 37.2 Å². The van der Waals surface area contributed by atoms with Gasteiger partial charge in [0.1, 0.15) is 11.6 Å². The molecule has 2 aromatic heterocycles. The van der Waals surface area contributed by atoms with E-state index in [1.165, 1.54) is 5.56 Å². The molecule has 0 aliphatic rings. The van der Waals surface area contributed by atoms with Crippen molar-refractivity contribution in [3.05, 3.63) is 22.9 Å². The number of rotatable bonds is 5. The molecule has 0 spiro atoms. The first-order chi connectivity index (χ1) is 9.40. The predicted octanol–water partition coefficient (Wildman–Crippen LogP) is 1.67. The monoisotopic (exact) mass is 276 g/mol. The third-order valence-corrected chi connectivity index (χ3v) is 3.24. The molecule has 0 unspecified atom stereocenters. The maximum Gasteiger partial charge on any atom is 0.158 e. The summed E-state index contributed by atoms with van der Waals surface area (Å²) in [4.78, 5) is 4.38. The van der Waals surface area contributed by atoms with Crippen molar-refractivity contribution in [2.45, 2.75) is 41.2 Å². The second-order valence-electron chi connectivity index (χ2n) is 5.65. The average molecular weight is 276 g/mol. The molecule has 0 fully saturated rings. The zero-order chi connectivity index (χ0) is 14.9. The van der Waals surface area contributed by atoms with E-state index in [4.69, 9.17) is 0 Å². The van der Waals surface area contributed by atoms with Gasteiger partial charge in [0.25, 0.3) is 0 Å². The van der Waals surface area contributed by atoms with Crippen LogP contribution in [0.15, 0.2) is 0 Å². The number of nitrogens with zero attached hydrogens (tertiary/aromatic N) is 5. The van der Waals surface area contributed by atoms with Crippen molar-refractivity contribution in [3.8, 4) is 5.82 Å². The molecule has 0 aliphatic carbocycles. The lowest BCUT2D eigenvalue weighted by molar-refractivity contribution is 0.549. The largest absolute Gasteiger partial charge is 0.312 e. The molecule has 0 bridgehead atoms. The van der Waals surface area contributed by atoms with Gasteiger partial charge in [-0.05, 0) is 33.2 Å². The van der Waals surface area contributed by atoms with Crippen molar-refractivity contribution < 1.29 is 0 Å². The van der Waals surface area contributed by atoms with Crippen LogP contribution in [0.4, 0.5) is 0 Å².